The van der Waals surface area contributed by atoms with Crippen LogP contribution in [0.3, 0.4) is 0 Å². The fraction of sp³-hybridized carbons (Fsp3) is 0.450. The summed E-state index contributed by atoms with van der Waals surface area (Å²) in [5.41, 5.74) is 2.69. The molecule has 4 rings (SSSR count). The number of amides is 1. The van der Waals surface area contributed by atoms with Gasteiger partial charge in [-0.1, -0.05) is 12.5 Å². The molecule has 0 unspecified atom stereocenters. The number of piperidine rings is 1. The molecule has 1 aromatic heterocycles. The number of fused-ring (bicyclic) bond motifs is 1. The topological polar surface area (TPSA) is 66.5 Å². The minimum atomic E-state index is -3.51. The van der Waals surface area contributed by atoms with Crippen LogP contribution in [0, 0.1) is 6.92 Å². The van der Waals surface area contributed by atoms with Crippen LogP contribution in [0.25, 0.3) is 0 Å². The molecule has 0 saturated carbocycles. The molecule has 27 heavy (non-hydrogen) atoms. The predicted molar refractivity (Wildman–Crippen MR) is 108 cm³/mol. The van der Waals surface area contributed by atoms with Crippen molar-refractivity contribution in [3.05, 3.63) is 45.1 Å². The van der Waals surface area contributed by atoms with Crippen molar-refractivity contribution < 1.29 is 13.2 Å². The van der Waals surface area contributed by atoms with E-state index >= 15 is 0 Å². The summed E-state index contributed by atoms with van der Waals surface area (Å²) in [6, 6.07) is 6.97. The van der Waals surface area contributed by atoms with Gasteiger partial charge in [0.25, 0.3) is 5.91 Å². The number of hydrogen-bond donors (Lipinski definition) is 1. The molecule has 2 heterocycles. The summed E-state index contributed by atoms with van der Waals surface area (Å²) in [6.45, 7) is 3.01. The Morgan fingerprint density at radius 3 is 2.59 bits per heavy atom. The molecule has 2 aromatic rings. The lowest BCUT2D eigenvalue weighted by atomic mass is 10.2. The highest BCUT2D eigenvalue weighted by atomic mass is 32.2. The van der Waals surface area contributed by atoms with Crippen LogP contribution in [0.1, 0.15) is 51.4 Å². The van der Waals surface area contributed by atoms with E-state index in [4.69, 9.17) is 0 Å². The van der Waals surface area contributed by atoms with Crippen molar-refractivity contribution in [2.75, 3.05) is 18.4 Å². The average Bonchev–Trinajstić information content (AvgIpc) is 3.26. The highest BCUT2D eigenvalue weighted by Crippen LogP contribution is 2.31. The number of rotatable bonds is 4. The van der Waals surface area contributed by atoms with Gasteiger partial charge in [-0.15, -0.1) is 11.3 Å². The summed E-state index contributed by atoms with van der Waals surface area (Å²) in [5, 5.41) is 2.92. The Hall–Kier alpha value is -1.70. The first-order valence-electron chi connectivity index (χ1n) is 9.49. The van der Waals surface area contributed by atoms with E-state index in [2.05, 4.69) is 5.32 Å². The van der Waals surface area contributed by atoms with Gasteiger partial charge in [0.15, 0.2) is 0 Å². The largest absolute Gasteiger partial charge is 0.321 e. The first-order chi connectivity index (χ1) is 12.9. The van der Waals surface area contributed by atoms with Crippen molar-refractivity contribution in [3.8, 4) is 0 Å². The summed E-state index contributed by atoms with van der Waals surface area (Å²) in [7, 11) is -3.51. The Morgan fingerprint density at radius 1 is 1.07 bits per heavy atom. The van der Waals surface area contributed by atoms with Crippen molar-refractivity contribution in [3.63, 3.8) is 0 Å². The zero-order valence-corrected chi connectivity index (χ0v) is 17.1. The average molecular weight is 405 g/mol. The summed E-state index contributed by atoms with van der Waals surface area (Å²) in [6.07, 6.45) is 6.14. The SMILES string of the molecule is Cc1ccc(S(=O)(=O)N2CCCCC2)cc1NC(=O)c1cc2c(s1)CCC2. The first kappa shape index (κ1) is 18.7. The van der Waals surface area contributed by atoms with Crippen molar-refractivity contribution >= 4 is 33.0 Å². The number of nitrogens with one attached hydrogen (secondary N) is 1. The lowest BCUT2D eigenvalue weighted by Gasteiger charge is -2.26. The summed E-state index contributed by atoms with van der Waals surface area (Å²) in [5.74, 6) is -0.162. The maximum atomic E-state index is 12.9. The Bertz CT molecular complexity index is 952. The number of benzene rings is 1. The molecule has 1 aromatic carbocycles. The van der Waals surface area contributed by atoms with Gasteiger partial charge >= 0.3 is 0 Å². The Kier molecular flexibility index (Phi) is 5.09. The van der Waals surface area contributed by atoms with Crippen LogP contribution in [-0.2, 0) is 22.9 Å². The molecule has 0 bridgehead atoms. The number of anilines is 1. The van der Waals surface area contributed by atoms with Crippen LogP contribution in [0.4, 0.5) is 5.69 Å². The van der Waals surface area contributed by atoms with Gasteiger partial charge in [-0.3, -0.25) is 4.79 Å². The molecule has 1 aliphatic heterocycles. The normalized spacial score (nSPS) is 17.7. The third kappa shape index (κ3) is 3.68. The second-order valence-electron chi connectivity index (χ2n) is 7.31. The molecule has 144 valence electrons. The third-order valence-corrected chi connectivity index (χ3v) is 8.51. The Morgan fingerprint density at radius 2 is 1.85 bits per heavy atom. The van der Waals surface area contributed by atoms with Gasteiger partial charge in [0.2, 0.25) is 10.0 Å². The van der Waals surface area contributed by atoms with E-state index in [9.17, 15) is 13.2 Å². The molecule has 0 radical (unpaired) electrons. The molecule has 2 aliphatic rings. The fourth-order valence-corrected chi connectivity index (χ4v) is 6.47. The van der Waals surface area contributed by atoms with E-state index in [0.717, 1.165) is 37.7 Å². The molecule has 1 saturated heterocycles. The smallest absolute Gasteiger partial charge is 0.265 e. The zero-order chi connectivity index (χ0) is 19.0. The van der Waals surface area contributed by atoms with Gasteiger partial charge in [-0.25, -0.2) is 8.42 Å². The van der Waals surface area contributed by atoms with Crippen molar-refractivity contribution in [1.82, 2.24) is 4.31 Å². The number of aryl methyl sites for hydroxylation is 3. The van der Waals surface area contributed by atoms with E-state index in [0.29, 0.717) is 23.7 Å². The molecule has 1 fully saturated rings. The first-order valence-corrected chi connectivity index (χ1v) is 11.7. The second-order valence-corrected chi connectivity index (χ2v) is 10.4. The number of sulfonamides is 1. The second kappa shape index (κ2) is 7.37. The van der Waals surface area contributed by atoms with Gasteiger partial charge in [-0.2, -0.15) is 4.31 Å². The van der Waals surface area contributed by atoms with Gasteiger partial charge < -0.3 is 5.32 Å². The molecule has 0 spiro atoms. The van der Waals surface area contributed by atoms with Crippen LogP contribution in [0.2, 0.25) is 0 Å². The molecular formula is C20H24N2O3S2. The van der Waals surface area contributed by atoms with E-state index in [1.165, 1.54) is 16.9 Å². The predicted octanol–water partition coefficient (Wildman–Crippen LogP) is 3.97. The number of carbonyl (C=O) groups is 1. The molecule has 1 N–H and O–H groups in total. The number of carbonyl (C=O) groups excluding carboxylic acids is 1. The lowest BCUT2D eigenvalue weighted by Crippen LogP contribution is -2.35. The highest BCUT2D eigenvalue weighted by Gasteiger charge is 2.27. The minimum Gasteiger partial charge on any atom is -0.321 e. The highest BCUT2D eigenvalue weighted by molar-refractivity contribution is 7.89. The Balaban J connectivity index is 1.57. The van der Waals surface area contributed by atoms with Crippen LogP contribution < -0.4 is 5.32 Å². The third-order valence-electron chi connectivity index (χ3n) is 5.38. The molecule has 5 nitrogen and oxygen atoms in total. The van der Waals surface area contributed by atoms with E-state index in [1.807, 2.05) is 13.0 Å². The minimum absolute atomic E-state index is 0.162. The number of thiophene rings is 1. The zero-order valence-electron chi connectivity index (χ0n) is 15.5. The van der Waals surface area contributed by atoms with E-state index in [-0.39, 0.29) is 10.8 Å². The molecular weight excluding hydrogens is 380 g/mol. The van der Waals surface area contributed by atoms with Crippen LogP contribution in [-0.4, -0.2) is 31.7 Å². The van der Waals surface area contributed by atoms with Gasteiger partial charge in [0.1, 0.15) is 0 Å². The monoisotopic (exact) mass is 404 g/mol. The van der Waals surface area contributed by atoms with Crippen molar-refractivity contribution in [2.24, 2.45) is 0 Å². The molecule has 7 heteroatoms. The van der Waals surface area contributed by atoms with Gasteiger partial charge in [0.05, 0.1) is 9.77 Å². The van der Waals surface area contributed by atoms with E-state index < -0.39 is 10.0 Å². The lowest BCUT2D eigenvalue weighted by molar-refractivity contribution is 0.103. The Labute approximate surface area is 164 Å². The van der Waals surface area contributed by atoms with Crippen molar-refractivity contribution in [1.29, 1.82) is 0 Å². The standard InChI is InChI=1S/C20H24N2O3S2/c1-14-8-9-16(27(24,25)22-10-3-2-4-11-22)13-17(14)21-20(23)19-12-15-6-5-7-18(15)26-19/h8-9,12-13H,2-7,10-11H2,1H3,(H,21,23). The maximum Gasteiger partial charge on any atom is 0.265 e. The van der Waals surface area contributed by atoms with Crippen LogP contribution in [0.15, 0.2) is 29.2 Å². The van der Waals surface area contributed by atoms with Crippen molar-refractivity contribution in [2.45, 2.75) is 50.3 Å². The van der Waals surface area contributed by atoms with Gasteiger partial charge in [0, 0.05) is 23.7 Å². The van der Waals surface area contributed by atoms with Gasteiger partial charge in [-0.05, 0) is 68.4 Å². The molecule has 0 atom stereocenters. The van der Waals surface area contributed by atoms with E-state index in [1.54, 1.807) is 33.8 Å². The number of nitrogens with zero attached hydrogens (tertiary/aromatic N) is 1. The van der Waals surface area contributed by atoms with Crippen LogP contribution in [0.5, 0.6) is 0 Å². The summed E-state index contributed by atoms with van der Waals surface area (Å²) in [4.78, 5) is 14.9. The molecule has 1 aliphatic carbocycles. The van der Waals surface area contributed by atoms with Crippen LogP contribution >= 0.6 is 11.3 Å². The summed E-state index contributed by atoms with van der Waals surface area (Å²) >= 11 is 1.55. The quantitative estimate of drug-likeness (QED) is 0.838. The fourth-order valence-electron chi connectivity index (χ4n) is 3.78. The summed E-state index contributed by atoms with van der Waals surface area (Å²) < 4.78 is 27.4. The molecule has 1 amide bonds. The number of hydrogen-bond acceptors (Lipinski definition) is 4. The maximum absolute atomic E-state index is 12.9.